The number of halogens is 2. The number of nitrogens with zero attached hydrogens (tertiary/aromatic N) is 1. The molecule has 7 heteroatoms. The van der Waals surface area contributed by atoms with Crippen molar-refractivity contribution in [3.63, 3.8) is 0 Å². The molecule has 0 saturated heterocycles. The van der Waals surface area contributed by atoms with Crippen LogP contribution in [0.25, 0.3) is 0 Å². The molecule has 0 spiro atoms. The van der Waals surface area contributed by atoms with E-state index in [-0.39, 0.29) is 10.6 Å². The van der Waals surface area contributed by atoms with Crippen molar-refractivity contribution >= 4 is 15.7 Å². The van der Waals surface area contributed by atoms with E-state index in [1.807, 2.05) is 6.92 Å². The zero-order valence-electron chi connectivity index (χ0n) is 12.1. The predicted molar refractivity (Wildman–Crippen MR) is 79.6 cm³/mol. The minimum Gasteiger partial charge on any atom is -0.494 e. The number of hydrogen-bond acceptors (Lipinski definition) is 3. The smallest absolute Gasteiger partial charge is 0.264 e. The van der Waals surface area contributed by atoms with E-state index in [1.54, 1.807) is 0 Å². The first-order valence-corrected chi connectivity index (χ1v) is 7.97. The van der Waals surface area contributed by atoms with Gasteiger partial charge in [-0.05, 0) is 43.3 Å². The molecule has 0 radical (unpaired) electrons. The summed E-state index contributed by atoms with van der Waals surface area (Å²) in [5.74, 6) is -1.18. The molecule has 0 saturated carbocycles. The first-order chi connectivity index (χ1) is 10.4. The van der Waals surface area contributed by atoms with Crippen molar-refractivity contribution in [1.82, 2.24) is 0 Å². The summed E-state index contributed by atoms with van der Waals surface area (Å²) in [6, 6.07) is 8.51. The van der Waals surface area contributed by atoms with E-state index in [0.29, 0.717) is 18.4 Å². The monoisotopic (exact) mass is 327 g/mol. The molecule has 4 nitrogen and oxygen atoms in total. The van der Waals surface area contributed by atoms with Crippen molar-refractivity contribution < 1.29 is 21.9 Å². The highest BCUT2D eigenvalue weighted by Gasteiger charge is 2.23. The molecule has 0 fully saturated rings. The van der Waals surface area contributed by atoms with Gasteiger partial charge in [-0.25, -0.2) is 17.2 Å². The first-order valence-electron chi connectivity index (χ1n) is 6.53. The van der Waals surface area contributed by atoms with E-state index in [9.17, 15) is 17.2 Å². The number of benzene rings is 2. The zero-order chi connectivity index (χ0) is 16.3. The molecular formula is C15H15F2NO3S. The van der Waals surface area contributed by atoms with Gasteiger partial charge in [0.05, 0.1) is 17.2 Å². The fraction of sp³-hybridized carbons (Fsp3) is 0.200. The maximum absolute atomic E-state index is 13.7. The fourth-order valence-corrected chi connectivity index (χ4v) is 3.10. The summed E-state index contributed by atoms with van der Waals surface area (Å²) in [6.45, 7) is 2.28. The molecule has 2 aromatic carbocycles. The third-order valence-corrected chi connectivity index (χ3v) is 4.83. The summed E-state index contributed by atoms with van der Waals surface area (Å²) in [5, 5.41) is 0. The lowest BCUT2D eigenvalue weighted by molar-refractivity contribution is 0.340. The fourth-order valence-electron chi connectivity index (χ4n) is 1.90. The molecule has 118 valence electrons. The number of hydrogen-bond donors (Lipinski definition) is 0. The van der Waals surface area contributed by atoms with Crippen molar-refractivity contribution in [2.75, 3.05) is 18.0 Å². The van der Waals surface area contributed by atoms with E-state index in [0.717, 1.165) is 16.4 Å². The summed E-state index contributed by atoms with van der Waals surface area (Å²) in [6.07, 6.45) is 0. The minimum atomic E-state index is -3.94. The van der Waals surface area contributed by atoms with Crippen LogP contribution in [0, 0.1) is 11.6 Å². The molecule has 2 aromatic rings. The Hall–Kier alpha value is -2.15. The quantitative estimate of drug-likeness (QED) is 0.847. The van der Waals surface area contributed by atoms with Crippen LogP contribution in [0.3, 0.4) is 0 Å². The van der Waals surface area contributed by atoms with Gasteiger partial charge in [0.2, 0.25) is 0 Å². The Morgan fingerprint density at radius 2 is 1.73 bits per heavy atom. The second-order valence-electron chi connectivity index (χ2n) is 4.47. The van der Waals surface area contributed by atoms with Gasteiger partial charge in [-0.15, -0.1) is 0 Å². The molecular weight excluding hydrogens is 312 g/mol. The Kier molecular flexibility index (Phi) is 4.65. The van der Waals surface area contributed by atoms with Crippen molar-refractivity contribution in [2.24, 2.45) is 0 Å². The average molecular weight is 327 g/mol. The van der Waals surface area contributed by atoms with Gasteiger partial charge in [0.1, 0.15) is 17.4 Å². The molecule has 0 aromatic heterocycles. The predicted octanol–water partition coefficient (Wildman–Crippen LogP) is 3.19. The van der Waals surface area contributed by atoms with Gasteiger partial charge in [-0.1, -0.05) is 0 Å². The maximum Gasteiger partial charge on any atom is 0.264 e. The maximum atomic E-state index is 13.7. The highest BCUT2D eigenvalue weighted by molar-refractivity contribution is 7.92. The lowest BCUT2D eigenvalue weighted by atomic mass is 10.3. The first kappa shape index (κ1) is 16.2. The molecule has 0 aliphatic rings. The molecule has 22 heavy (non-hydrogen) atoms. The Bertz CT molecular complexity index is 761. The van der Waals surface area contributed by atoms with Crippen molar-refractivity contribution in [1.29, 1.82) is 0 Å². The van der Waals surface area contributed by atoms with Gasteiger partial charge < -0.3 is 4.74 Å². The highest BCUT2D eigenvalue weighted by atomic mass is 32.2. The summed E-state index contributed by atoms with van der Waals surface area (Å²) in [7, 11) is -2.73. The van der Waals surface area contributed by atoms with E-state index in [1.165, 1.54) is 31.3 Å². The molecule has 2 rings (SSSR count). The van der Waals surface area contributed by atoms with Gasteiger partial charge in [-0.3, -0.25) is 4.31 Å². The summed E-state index contributed by atoms with van der Waals surface area (Å²) >= 11 is 0. The number of ether oxygens (including phenoxy) is 1. The van der Waals surface area contributed by atoms with Gasteiger partial charge in [-0.2, -0.15) is 0 Å². The summed E-state index contributed by atoms with van der Waals surface area (Å²) in [4.78, 5) is -0.0119. The Labute approximate surface area is 128 Å². The second kappa shape index (κ2) is 6.31. The lowest BCUT2D eigenvalue weighted by Gasteiger charge is -2.20. The van der Waals surface area contributed by atoms with Crippen molar-refractivity contribution in [3.05, 3.63) is 54.1 Å². The van der Waals surface area contributed by atoms with E-state index < -0.39 is 21.7 Å². The standard InChI is InChI=1S/C15H15F2NO3S/c1-3-21-12-5-7-13(8-6-12)22(19,20)18(2)15-9-4-11(16)10-14(15)17/h4-10H,3H2,1-2H3. The van der Waals surface area contributed by atoms with Crippen LogP contribution in [-0.2, 0) is 10.0 Å². The van der Waals surface area contributed by atoms with Crippen LogP contribution in [0.5, 0.6) is 5.75 Å². The Morgan fingerprint density at radius 1 is 1.09 bits per heavy atom. The van der Waals surface area contributed by atoms with E-state index in [2.05, 4.69) is 0 Å². The number of sulfonamides is 1. The van der Waals surface area contributed by atoms with Gasteiger partial charge in [0.25, 0.3) is 10.0 Å². The molecule has 0 amide bonds. The third kappa shape index (κ3) is 3.19. The SMILES string of the molecule is CCOc1ccc(S(=O)(=O)N(C)c2ccc(F)cc2F)cc1. The van der Waals surface area contributed by atoms with Crippen LogP contribution in [0.15, 0.2) is 47.4 Å². The average Bonchev–Trinajstić information content (AvgIpc) is 2.47. The largest absolute Gasteiger partial charge is 0.494 e. The van der Waals surface area contributed by atoms with E-state index >= 15 is 0 Å². The van der Waals surface area contributed by atoms with Crippen LogP contribution in [-0.4, -0.2) is 22.1 Å². The number of anilines is 1. The van der Waals surface area contributed by atoms with Crippen molar-refractivity contribution in [3.8, 4) is 5.75 Å². The van der Waals surface area contributed by atoms with Crippen LogP contribution >= 0.6 is 0 Å². The summed E-state index contributed by atoms with van der Waals surface area (Å²) < 4.78 is 57.6. The third-order valence-electron chi connectivity index (χ3n) is 3.04. The Morgan fingerprint density at radius 3 is 2.27 bits per heavy atom. The topological polar surface area (TPSA) is 46.6 Å². The lowest BCUT2D eigenvalue weighted by Crippen LogP contribution is -2.27. The summed E-state index contributed by atoms with van der Waals surface area (Å²) in [5.41, 5.74) is -0.227. The van der Waals surface area contributed by atoms with Gasteiger partial charge >= 0.3 is 0 Å². The van der Waals surface area contributed by atoms with E-state index in [4.69, 9.17) is 4.74 Å². The van der Waals surface area contributed by atoms with Gasteiger partial charge in [0, 0.05) is 13.1 Å². The normalized spacial score (nSPS) is 11.3. The minimum absolute atomic E-state index is 0.0119. The zero-order valence-corrected chi connectivity index (χ0v) is 12.9. The molecule has 0 unspecified atom stereocenters. The number of rotatable bonds is 5. The van der Waals surface area contributed by atoms with Gasteiger partial charge in [0.15, 0.2) is 0 Å². The van der Waals surface area contributed by atoms with Crippen molar-refractivity contribution in [2.45, 2.75) is 11.8 Å². The molecule has 0 N–H and O–H groups in total. The van der Waals surface area contributed by atoms with Crippen LogP contribution in [0.4, 0.5) is 14.5 Å². The molecule has 0 aliphatic carbocycles. The van der Waals surface area contributed by atoms with Crippen LogP contribution in [0.1, 0.15) is 6.92 Å². The highest BCUT2D eigenvalue weighted by Crippen LogP contribution is 2.26. The van der Waals surface area contributed by atoms with Crippen LogP contribution < -0.4 is 9.04 Å². The second-order valence-corrected chi connectivity index (χ2v) is 6.44. The molecule has 0 atom stereocenters. The van der Waals surface area contributed by atoms with Crippen LogP contribution in [0.2, 0.25) is 0 Å². The molecule has 0 heterocycles. The molecule has 0 aliphatic heterocycles. The molecule has 0 bridgehead atoms. The Balaban J connectivity index is 2.36.